The van der Waals surface area contributed by atoms with Crippen LogP contribution in [0.2, 0.25) is 0 Å². The Labute approximate surface area is 128 Å². The third-order valence-corrected chi connectivity index (χ3v) is 4.13. The summed E-state index contributed by atoms with van der Waals surface area (Å²) in [6.45, 7) is 1.95. The van der Waals surface area contributed by atoms with E-state index in [4.69, 9.17) is 0 Å². The van der Waals surface area contributed by atoms with Gasteiger partial charge in [0.1, 0.15) is 11.4 Å². The lowest BCUT2D eigenvalue weighted by atomic mass is 10.1. The molecule has 0 spiro atoms. The van der Waals surface area contributed by atoms with Gasteiger partial charge in [0, 0.05) is 4.47 Å². The van der Waals surface area contributed by atoms with Gasteiger partial charge in [0.05, 0.1) is 22.6 Å². The number of anilines is 1. The summed E-state index contributed by atoms with van der Waals surface area (Å²) in [6, 6.07) is 11.2. The molecule has 0 saturated carbocycles. The average Bonchev–Trinajstić information content (AvgIpc) is 2.91. The van der Waals surface area contributed by atoms with Crippen molar-refractivity contribution in [3.63, 3.8) is 0 Å². The minimum Gasteiger partial charge on any atom is -0.320 e. The molecule has 1 aliphatic rings. The number of carbonyl (C=O) groups is 1. The van der Waals surface area contributed by atoms with E-state index in [1.54, 1.807) is 0 Å². The number of carbonyl (C=O) groups excluding carboxylic acids is 1. The van der Waals surface area contributed by atoms with Crippen molar-refractivity contribution in [1.82, 2.24) is 0 Å². The number of nitrogens with one attached hydrogen (secondary N) is 1. The van der Waals surface area contributed by atoms with Crippen LogP contribution >= 0.6 is 15.9 Å². The van der Waals surface area contributed by atoms with Crippen LogP contribution < -0.4 is 5.32 Å². The summed E-state index contributed by atoms with van der Waals surface area (Å²) in [5, 5.41) is 2.89. The zero-order chi connectivity index (χ0) is 14.1. The minimum absolute atomic E-state index is 0.166. The molecule has 3 rings (SSSR count). The van der Waals surface area contributed by atoms with Gasteiger partial charge < -0.3 is 5.32 Å². The van der Waals surface area contributed by atoms with Gasteiger partial charge in [-0.2, -0.15) is 8.73 Å². The molecule has 1 amide bonds. The number of rotatable bonds is 2. The van der Waals surface area contributed by atoms with E-state index in [2.05, 4.69) is 30.0 Å². The molecule has 0 aliphatic carbocycles. The van der Waals surface area contributed by atoms with Crippen LogP contribution in [0.3, 0.4) is 0 Å². The Hall–Kier alpha value is -1.79. The maximum atomic E-state index is 12.4. The molecule has 2 aromatic carbocycles. The molecule has 1 N–H and O–H groups in total. The van der Waals surface area contributed by atoms with Gasteiger partial charge >= 0.3 is 0 Å². The topological polar surface area (TPSA) is 53.8 Å². The fraction of sp³-hybridized carbons (Fsp3) is 0.0714. The van der Waals surface area contributed by atoms with Gasteiger partial charge in [-0.25, -0.2) is 0 Å². The highest BCUT2D eigenvalue weighted by Crippen LogP contribution is 2.38. The number of fused-ring (bicyclic) bond motifs is 1. The molecule has 0 atom stereocenters. The highest BCUT2D eigenvalue weighted by molar-refractivity contribution is 9.10. The van der Waals surface area contributed by atoms with Crippen molar-refractivity contribution in [2.75, 3.05) is 5.32 Å². The summed E-state index contributed by atoms with van der Waals surface area (Å²) >= 11 is 4.53. The van der Waals surface area contributed by atoms with Crippen LogP contribution in [0, 0.1) is 6.92 Å². The first kappa shape index (κ1) is 13.2. The number of halogens is 1. The third-order valence-electron chi connectivity index (χ3n) is 2.90. The van der Waals surface area contributed by atoms with Crippen molar-refractivity contribution in [3.8, 4) is 0 Å². The first-order valence-corrected chi connectivity index (χ1v) is 7.46. The molecule has 4 nitrogen and oxygen atoms in total. The Morgan fingerprint density at radius 3 is 2.95 bits per heavy atom. The van der Waals surface area contributed by atoms with Crippen LogP contribution in [0.25, 0.3) is 0 Å². The second kappa shape index (κ2) is 5.30. The zero-order valence-electron chi connectivity index (χ0n) is 10.6. The third kappa shape index (κ3) is 2.44. The lowest BCUT2D eigenvalue weighted by Crippen LogP contribution is -2.12. The van der Waals surface area contributed by atoms with E-state index in [0.717, 1.165) is 32.8 Å². The molecule has 6 heteroatoms. The molecular weight excluding hydrogens is 338 g/mol. The number of benzene rings is 2. The summed E-state index contributed by atoms with van der Waals surface area (Å²) in [7, 11) is 0. The Morgan fingerprint density at radius 2 is 2.10 bits per heavy atom. The highest BCUT2D eigenvalue weighted by Gasteiger charge is 2.15. The van der Waals surface area contributed by atoms with E-state index >= 15 is 0 Å². The van der Waals surface area contributed by atoms with Crippen LogP contribution in [0.15, 0.2) is 49.6 Å². The van der Waals surface area contributed by atoms with Crippen molar-refractivity contribution in [2.45, 2.75) is 6.92 Å². The number of amides is 1. The summed E-state index contributed by atoms with van der Waals surface area (Å²) in [6.07, 6.45) is 0. The van der Waals surface area contributed by atoms with Crippen LogP contribution in [0.4, 0.5) is 17.1 Å². The van der Waals surface area contributed by atoms with Crippen LogP contribution in [0.5, 0.6) is 0 Å². The minimum atomic E-state index is -0.166. The first-order chi connectivity index (χ1) is 9.65. The summed E-state index contributed by atoms with van der Waals surface area (Å²) in [5.41, 5.74) is 3.82. The highest BCUT2D eigenvalue weighted by atomic mass is 79.9. The molecule has 2 aromatic rings. The van der Waals surface area contributed by atoms with Crippen molar-refractivity contribution in [1.29, 1.82) is 0 Å². The Balaban J connectivity index is 1.93. The molecular formula is C14H10BrN3OS. The first-order valence-electron chi connectivity index (χ1n) is 5.94. The van der Waals surface area contributed by atoms with E-state index in [-0.39, 0.29) is 5.91 Å². The number of hydrogen-bond acceptors (Lipinski definition) is 3. The van der Waals surface area contributed by atoms with E-state index in [9.17, 15) is 4.79 Å². The van der Waals surface area contributed by atoms with Crippen molar-refractivity contribution >= 4 is 50.3 Å². The maximum Gasteiger partial charge on any atom is 0.256 e. The average molecular weight is 348 g/mol. The van der Waals surface area contributed by atoms with Crippen LogP contribution in [0.1, 0.15) is 15.9 Å². The molecule has 0 fully saturated rings. The van der Waals surface area contributed by atoms with Crippen LogP contribution in [-0.4, -0.2) is 5.91 Å². The fourth-order valence-corrected chi connectivity index (χ4v) is 2.89. The second-order valence-electron chi connectivity index (χ2n) is 4.37. The molecule has 100 valence electrons. The fourth-order valence-electron chi connectivity index (χ4n) is 1.91. The Morgan fingerprint density at radius 1 is 1.25 bits per heavy atom. The Kier molecular flexibility index (Phi) is 3.50. The van der Waals surface area contributed by atoms with Gasteiger partial charge in [-0.05, 0) is 47.1 Å². The molecule has 0 unspecified atom stereocenters. The predicted octanol–water partition coefficient (Wildman–Crippen LogP) is 4.74. The van der Waals surface area contributed by atoms with E-state index in [0.29, 0.717) is 11.3 Å². The molecule has 1 heterocycles. The van der Waals surface area contributed by atoms with Gasteiger partial charge in [-0.15, -0.1) is 0 Å². The van der Waals surface area contributed by atoms with Gasteiger partial charge in [-0.1, -0.05) is 17.7 Å². The molecule has 20 heavy (non-hydrogen) atoms. The number of nitrogens with zero attached hydrogens (tertiary/aromatic N) is 2. The molecule has 0 saturated heterocycles. The standard InChI is InChI=1S/C14H10BrN3OS/c1-8-5-6-10(15)9(7-8)14(19)16-11-3-2-4-12-13(11)18-20-17-12/h2-7H,1H3,(H,16,19). The normalized spacial score (nSPS) is 11.9. The van der Waals surface area contributed by atoms with E-state index < -0.39 is 0 Å². The molecule has 0 bridgehead atoms. The van der Waals surface area contributed by atoms with Gasteiger partial charge in [0.2, 0.25) is 0 Å². The summed E-state index contributed by atoms with van der Waals surface area (Å²) in [4.78, 5) is 12.4. The van der Waals surface area contributed by atoms with Crippen LogP contribution in [-0.2, 0) is 11.4 Å². The maximum absolute atomic E-state index is 12.4. The molecule has 0 aromatic heterocycles. The quantitative estimate of drug-likeness (QED) is 0.715. The van der Waals surface area contributed by atoms with Crippen molar-refractivity contribution in [3.05, 3.63) is 52.0 Å². The molecule has 0 radical (unpaired) electrons. The van der Waals surface area contributed by atoms with Gasteiger partial charge in [0.25, 0.3) is 5.91 Å². The van der Waals surface area contributed by atoms with Crippen molar-refractivity contribution in [2.24, 2.45) is 8.73 Å². The van der Waals surface area contributed by atoms with Gasteiger partial charge in [0.15, 0.2) is 0 Å². The van der Waals surface area contributed by atoms with E-state index in [1.807, 2.05) is 43.3 Å². The SMILES string of the molecule is Cc1ccc(Br)c(C(=O)Nc2cccc3c2N=S=N3)c1. The lowest BCUT2D eigenvalue weighted by Gasteiger charge is -2.09. The second-order valence-corrected chi connectivity index (χ2v) is 5.76. The van der Waals surface area contributed by atoms with Gasteiger partial charge in [-0.3, -0.25) is 4.79 Å². The summed E-state index contributed by atoms with van der Waals surface area (Å²) in [5.74, 6) is -0.166. The molecule has 1 aliphatic heterocycles. The largest absolute Gasteiger partial charge is 0.320 e. The zero-order valence-corrected chi connectivity index (χ0v) is 13.0. The number of aryl methyl sites for hydroxylation is 1. The Bertz CT molecular complexity index is 782. The monoisotopic (exact) mass is 347 g/mol. The number of hydrogen-bond donors (Lipinski definition) is 1. The lowest BCUT2D eigenvalue weighted by molar-refractivity contribution is 0.102. The van der Waals surface area contributed by atoms with E-state index in [1.165, 1.54) is 0 Å². The smallest absolute Gasteiger partial charge is 0.256 e. The predicted molar refractivity (Wildman–Crippen MR) is 84.8 cm³/mol. The summed E-state index contributed by atoms with van der Waals surface area (Å²) < 4.78 is 9.14. The van der Waals surface area contributed by atoms with Crippen molar-refractivity contribution < 1.29 is 4.79 Å².